The lowest BCUT2D eigenvalue weighted by atomic mass is 10.1. The summed E-state index contributed by atoms with van der Waals surface area (Å²) in [6.07, 6.45) is 3.32. The van der Waals surface area contributed by atoms with E-state index in [0.29, 0.717) is 37.5 Å². The Labute approximate surface area is 185 Å². The van der Waals surface area contributed by atoms with Crippen LogP contribution in [0.4, 0.5) is 0 Å². The molecule has 1 N–H and O–H groups in total. The number of likely N-dealkylation sites (tertiary alicyclic amines) is 1. The monoisotopic (exact) mass is 441 g/mol. The average molecular weight is 441 g/mol. The van der Waals surface area contributed by atoms with Gasteiger partial charge in [0.05, 0.1) is 26.5 Å². The van der Waals surface area contributed by atoms with Gasteiger partial charge in [0.25, 0.3) is 0 Å². The number of aromatic nitrogens is 4. The second-order valence-corrected chi connectivity index (χ2v) is 7.72. The standard InChI is InChI=1S/C22H27N5O5/c1-30-9-10-32-21-23-12-17-19(25-21)27(22(29)24-17)14-16-6-3-5-15(11-16)13-26-8-4-7-18(26)20(28)31-2/h3,5-6,11-12,18H,4,7-10,13-14H2,1-2H3,(H,24,29)/t18-/m1/s1. The normalized spacial score (nSPS) is 16.5. The fourth-order valence-corrected chi connectivity index (χ4v) is 4.02. The molecule has 4 rings (SSSR count). The SMILES string of the molecule is COCCOc1ncc2[nH]c(=O)n(Cc3cccc(CN4CCC[C@@H]4C(=O)OC)c3)c2n1. The van der Waals surface area contributed by atoms with Gasteiger partial charge in [-0.2, -0.15) is 4.98 Å². The minimum atomic E-state index is -0.265. The number of ether oxygens (including phenoxy) is 3. The highest BCUT2D eigenvalue weighted by Crippen LogP contribution is 2.22. The second kappa shape index (κ2) is 9.92. The van der Waals surface area contributed by atoms with E-state index < -0.39 is 0 Å². The van der Waals surface area contributed by atoms with Gasteiger partial charge in [-0.25, -0.2) is 9.78 Å². The van der Waals surface area contributed by atoms with Crippen LogP contribution in [0.25, 0.3) is 11.2 Å². The van der Waals surface area contributed by atoms with Crippen molar-refractivity contribution in [3.63, 3.8) is 0 Å². The average Bonchev–Trinajstić information content (AvgIpc) is 3.38. The topological polar surface area (TPSA) is 112 Å². The molecule has 0 amide bonds. The van der Waals surface area contributed by atoms with Crippen molar-refractivity contribution in [1.29, 1.82) is 0 Å². The first kappa shape index (κ1) is 22.0. The van der Waals surface area contributed by atoms with Gasteiger partial charge in [-0.15, -0.1) is 0 Å². The Balaban J connectivity index is 1.53. The molecule has 0 unspecified atom stereocenters. The van der Waals surface area contributed by atoms with Gasteiger partial charge in [0.15, 0.2) is 5.65 Å². The molecule has 1 atom stereocenters. The van der Waals surface area contributed by atoms with Crippen LogP contribution in [0.15, 0.2) is 35.3 Å². The van der Waals surface area contributed by atoms with Crippen molar-refractivity contribution in [1.82, 2.24) is 24.4 Å². The highest BCUT2D eigenvalue weighted by atomic mass is 16.5. The van der Waals surface area contributed by atoms with Gasteiger partial charge in [0, 0.05) is 13.7 Å². The number of imidazole rings is 1. The molecule has 2 aromatic heterocycles. The molecule has 1 aliphatic rings. The van der Waals surface area contributed by atoms with Crippen LogP contribution in [-0.2, 0) is 27.4 Å². The van der Waals surface area contributed by atoms with Crippen molar-refractivity contribution < 1.29 is 19.0 Å². The van der Waals surface area contributed by atoms with Gasteiger partial charge in [0.2, 0.25) is 0 Å². The van der Waals surface area contributed by atoms with E-state index in [0.717, 1.165) is 30.5 Å². The molecule has 1 saturated heterocycles. The zero-order chi connectivity index (χ0) is 22.5. The molecule has 32 heavy (non-hydrogen) atoms. The summed E-state index contributed by atoms with van der Waals surface area (Å²) in [6.45, 7) is 2.59. The van der Waals surface area contributed by atoms with Crippen molar-refractivity contribution in [3.8, 4) is 6.01 Å². The first-order valence-corrected chi connectivity index (χ1v) is 10.6. The number of fused-ring (bicyclic) bond motifs is 1. The predicted molar refractivity (Wildman–Crippen MR) is 117 cm³/mol. The lowest BCUT2D eigenvalue weighted by Crippen LogP contribution is -2.36. The van der Waals surface area contributed by atoms with E-state index >= 15 is 0 Å². The number of hydrogen-bond acceptors (Lipinski definition) is 8. The maximum atomic E-state index is 12.5. The molecule has 10 nitrogen and oxygen atoms in total. The quantitative estimate of drug-likeness (QED) is 0.391. The van der Waals surface area contributed by atoms with Gasteiger partial charge in [0.1, 0.15) is 18.2 Å². The van der Waals surface area contributed by atoms with Crippen LogP contribution in [0.3, 0.4) is 0 Å². The fourth-order valence-electron chi connectivity index (χ4n) is 4.02. The number of carbonyl (C=O) groups is 1. The Kier molecular flexibility index (Phi) is 6.81. The van der Waals surface area contributed by atoms with Crippen molar-refractivity contribution in [2.75, 3.05) is 34.0 Å². The molecule has 10 heteroatoms. The Hall–Kier alpha value is -3.24. The van der Waals surface area contributed by atoms with E-state index in [1.807, 2.05) is 18.2 Å². The first-order valence-electron chi connectivity index (χ1n) is 10.6. The molecule has 0 radical (unpaired) electrons. The smallest absolute Gasteiger partial charge is 0.328 e. The number of benzene rings is 1. The summed E-state index contributed by atoms with van der Waals surface area (Å²) in [5, 5.41) is 0. The second-order valence-electron chi connectivity index (χ2n) is 7.72. The number of rotatable bonds is 9. The Bertz CT molecular complexity index is 1140. The van der Waals surface area contributed by atoms with Crippen molar-refractivity contribution in [2.24, 2.45) is 0 Å². The summed E-state index contributed by atoms with van der Waals surface area (Å²) < 4.78 is 17.0. The fraction of sp³-hybridized carbons (Fsp3) is 0.455. The molecule has 1 aromatic carbocycles. The molecule has 0 aliphatic carbocycles. The number of H-pyrrole nitrogens is 1. The molecular formula is C22H27N5O5. The first-order chi connectivity index (χ1) is 15.6. The van der Waals surface area contributed by atoms with Crippen LogP contribution in [0.5, 0.6) is 6.01 Å². The van der Waals surface area contributed by atoms with E-state index in [2.05, 4.69) is 25.9 Å². The van der Waals surface area contributed by atoms with Crippen LogP contribution in [0.1, 0.15) is 24.0 Å². The Morgan fingerprint density at radius 3 is 2.81 bits per heavy atom. The number of methoxy groups -OCH3 is 2. The van der Waals surface area contributed by atoms with Gasteiger partial charge in [-0.3, -0.25) is 14.3 Å². The Morgan fingerprint density at radius 1 is 1.22 bits per heavy atom. The van der Waals surface area contributed by atoms with E-state index in [9.17, 15) is 9.59 Å². The maximum Gasteiger partial charge on any atom is 0.328 e. The van der Waals surface area contributed by atoms with Gasteiger partial charge in [-0.05, 0) is 30.5 Å². The summed E-state index contributed by atoms with van der Waals surface area (Å²) in [5.74, 6) is -0.188. The maximum absolute atomic E-state index is 12.5. The summed E-state index contributed by atoms with van der Waals surface area (Å²) >= 11 is 0. The van der Waals surface area contributed by atoms with E-state index in [1.165, 1.54) is 7.11 Å². The van der Waals surface area contributed by atoms with Crippen LogP contribution in [0, 0.1) is 0 Å². The largest absolute Gasteiger partial charge is 0.468 e. The van der Waals surface area contributed by atoms with Gasteiger partial charge < -0.3 is 19.2 Å². The number of aromatic amines is 1. The van der Waals surface area contributed by atoms with Crippen LogP contribution >= 0.6 is 0 Å². The molecule has 170 valence electrons. The predicted octanol–water partition coefficient (Wildman–Crippen LogP) is 1.33. The number of carbonyl (C=O) groups excluding carboxylic acids is 1. The van der Waals surface area contributed by atoms with Crippen molar-refractivity contribution in [3.05, 3.63) is 52.1 Å². The summed E-state index contributed by atoms with van der Waals surface area (Å²) in [7, 11) is 3.01. The highest BCUT2D eigenvalue weighted by Gasteiger charge is 2.31. The third-order valence-corrected chi connectivity index (χ3v) is 5.56. The molecule has 1 aliphatic heterocycles. The van der Waals surface area contributed by atoms with Gasteiger partial charge in [-0.1, -0.05) is 24.3 Å². The Morgan fingerprint density at radius 2 is 2.03 bits per heavy atom. The molecule has 1 fully saturated rings. The number of hydrogen-bond donors (Lipinski definition) is 1. The minimum absolute atomic E-state index is 0.188. The number of nitrogens with zero attached hydrogens (tertiary/aromatic N) is 4. The van der Waals surface area contributed by atoms with E-state index in [1.54, 1.807) is 17.9 Å². The third kappa shape index (κ3) is 4.81. The van der Waals surface area contributed by atoms with Gasteiger partial charge >= 0.3 is 17.7 Å². The van der Waals surface area contributed by atoms with Crippen molar-refractivity contribution in [2.45, 2.75) is 32.0 Å². The highest BCUT2D eigenvalue weighted by molar-refractivity contribution is 5.76. The minimum Gasteiger partial charge on any atom is -0.468 e. The number of nitrogens with one attached hydrogen (secondary N) is 1. The molecule has 0 bridgehead atoms. The summed E-state index contributed by atoms with van der Waals surface area (Å²) in [5.41, 5.74) is 2.79. The van der Waals surface area contributed by atoms with E-state index in [4.69, 9.17) is 14.2 Å². The lowest BCUT2D eigenvalue weighted by Gasteiger charge is -2.22. The summed E-state index contributed by atoms with van der Waals surface area (Å²) in [6, 6.07) is 8.00. The summed E-state index contributed by atoms with van der Waals surface area (Å²) in [4.78, 5) is 38.0. The zero-order valence-corrected chi connectivity index (χ0v) is 18.2. The lowest BCUT2D eigenvalue weighted by molar-refractivity contribution is -0.146. The zero-order valence-electron chi connectivity index (χ0n) is 18.2. The number of esters is 1. The van der Waals surface area contributed by atoms with Crippen LogP contribution < -0.4 is 10.4 Å². The molecule has 3 heterocycles. The third-order valence-electron chi connectivity index (χ3n) is 5.56. The molecule has 0 saturated carbocycles. The van der Waals surface area contributed by atoms with E-state index in [-0.39, 0.29) is 23.7 Å². The van der Waals surface area contributed by atoms with Crippen LogP contribution in [-0.4, -0.2) is 70.4 Å². The molecule has 0 spiro atoms. The molecular weight excluding hydrogens is 414 g/mol. The van der Waals surface area contributed by atoms with Crippen LogP contribution in [0.2, 0.25) is 0 Å². The van der Waals surface area contributed by atoms with Crippen molar-refractivity contribution >= 4 is 17.1 Å². The molecule has 3 aromatic rings.